The quantitative estimate of drug-likeness (QED) is 0.637. The molecular weight excluding hydrogens is 280 g/mol. The Morgan fingerprint density at radius 2 is 2.05 bits per heavy atom. The number of carbonyl (C=O) groups is 2. The van der Waals surface area contributed by atoms with Crippen molar-refractivity contribution in [1.29, 1.82) is 0 Å². The van der Waals surface area contributed by atoms with Crippen LogP contribution in [0.4, 0.5) is 10.5 Å². The van der Waals surface area contributed by atoms with Crippen molar-refractivity contribution >= 4 is 17.7 Å². The van der Waals surface area contributed by atoms with Crippen molar-refractivity contribution in [2.24, 2.45) is 0 Å². The Morgan fingerprint density at radius 1 is 1.33 bits per heavy atom. The highest BCUT2D eigenvalue weighted by Gasteiger charge is 2.25. The second-order valence-corrected chi connectivity index (χ2v) is 4.94. The molecule has 1 aliphatic rings. The summed E-state index contributed by atoms with van der Waals surface area (Å²) < 4.78 is 10.3. The van der Waals surface area contributed by atoms with Crippen LogP contribution in [0.1, 0.15) is 13.3 Å². The summed E-state index contributed by atoms with van der Waals surface area (Å²) in [5.41, 5.74) is -1.02. The van der Waals surface area contributed by atoms with Crippen molar-refractivity contribution in [3.8, 4) is 11.5 Å². The summed E-state index contributed by atoms with van der Waals surface area (Å²) in [7, 11) is 0. The van der Waals surface area contributed by atoms with E-state index in [1.807, 2.05) is 0 Å². The minimum atomic E-state index is -1.52. The number of nitrogens with one attached hydrogen (secondary N) is 2. The van der Waals surface area contributed by atoms with Gasteiger partial charge < -0.3 is 30.3 Å². The molecular formula is C13H16N2O6. The fourth-order valence-corrected chi connectivity index (χ4v) is 1.81. The number of aliphatic hydroxyl groups is 1. The lowest BCUT2D eigenvalue weighted by Gasteiger charge is -2.21. The Morgan fingerprint density at radius 3 is 2.76 bits per heavy atom. The minimum Gasteiger partial charge on any atom is -0.481 e. The van der Waals surface area contributed by atoms with Crippen molar-refractivity contribution in [2.45, 2.75) is 18.9 Å². The largest absolute Gasteiger partial charge is 0.481 e. The lowest BCUT2D eigenvalue weighted by molar-refractivity contribution is -0.141. The smallest absolute Gasteiger partial charge is 0.319 e. The molecule has 0 aliphatic carbocycles. The number of anilines is 1. The summed E-state index contributed by atoms with van der Waals surface area (Å²) in [5, 5.41) is 23.4. The lowest BCUT2D eigenvalue weighted by Crippen LogP contribution is -2.43. The number of benzene rings is 1. The third kappa shape index (κ3) is 4.25. The van der Waals surface area contributed by atoms with Crippen LogP contribution in [0.25, 0.3) is 0 Å². The molecule has 2 amide bonds. The second kappa shape index (κ2) is 5.88. The number of hydrogen-bond donors (Lipinski definition) is 4. The number of carboxylic acid groups (broad SMARTS) is 1. The van der Waals surface area contributed by atoms with E-state index >= 15 is 0 Å². The van der Waals surface area contributed by atoms with Gasteiger partial charge in [0.2, 0.25) is 6.79 Å². The molecule has 4 N–H and O–H groups in total. The van der Waals surface area contributed by atoms with Gasteiger partial charge >= 0.3 is 12.0 Å². The second-order valence-electron chi connectivity index (χ2n) is 4.94. The third-order valence-electron chi connectivity index (χ3n) is 2.79. The van der Waals surface area contributed by atoms with Gasteiger partial charge in [0.05, 0.1) is 12.0 Å². The predicted molar refractivity (Wildman–Crippen MR) is 72.5 cm³/mol. The summed E-state index contributed by atoms with van der Waals surface area (Å²) in [6.45, 7) is 1.29. The summed E-state index contributed by atoms with van der Waals surface area (Å²) in [5.74, 6) is -0.00555. The third-order valence-corrected chi connectivity index (χ3v) is 2.79. The van der Waals surface area contributed by atoms with E-state index in [-0.39, 0.29) is 13.3 Å². The maximum absolute atomic E-state index is 11.7. The van der Waals surface area contributed by atoms with Crippen molar-refractivity contribution in [3.63, 3.8) is 0 Å². The molecule has 8 heteroatoms. The fraction of sp³-hybridized carbons (Fsp3) is 0.385. The van der Waals surface area contributed by atoms with Crippen LogP contribution in [0.15, 0.2) is 18.2 Å². The van der Waals surface area contributed by atoms with E-state index in [4.69, 9.17) is 14.6 Å². The Balaban J connectivity index is 1.86. The minimum absolute atomic E-state index is 0.142. The molecule has 1 heterocycles. The Bertz CT molecular complexity index is 558. The fourth-order valence-electron chi connectivity index (χ4n) is 1.81. The van der Waals surface area contributed by atoms with Gasteiger partial charge in [-0.3, -0.25) is 4.79 Å². The molecule has 0 saturated carbocycles. The summed E-state index contributed by atoms with van der Waals surface area (Å²) in [6.07, 6.45) is -0.461. The summed E-state index contributed by atoms with van der Waals surface area (Å²) in [4.78, 5) is 22.2. The molecule has 1 aromatic rings. The first kappa shape index (κ1) is 14.9. The number of urea groups is 1. The first-order valence-corrected chi connectivity index (χ1v) is 6.24. The molecule has 1 aliphatic heterocycles. The number of fused-ring (bicyclic) bond motifs is 1. The van der Waals surface area contributed by atoms with Gasteiger partial charge in [-0.15, -0.1) is 0 Å². The van der Waals surface area contributed by atoms with E-state index in [2.05, 4.69) is 10.6 Å². The number of rotatable bonds is 5. The lowest BCUT2D eigenvalue weighted by atomic mass is 10.0. The van der Waals surface area contributed by atoms with E-state index < -0.39 is 24.0 Å². The molecule has 2 rings (SSSR count). The molecule has 0 spiro atoms. The van der Waals surface area contributed by atoms with Crippen molar-refractivity contribution in [1.82, 2.24) is 5.32 Å². The summed E-state index contributed by atoms with van der Waals surface area (Å²) >= 11 is 0. The van der Waals surface area contributed by atoms with Gasteiger partial charge in [0, 0.05) is 18.3 Å². The van der Waals surface area contributed by atoms with Crippen LogP contribution in [-0.2, 0) is 4.79 Å². The van der Waals surface area contributed by atoms with Crippen LogP contribution in [0, 0.1) is 0 Å². The zero-order chi connectivity index (χ0) is 15.5. The maximum atomic E-state index is 11.7. The number of aliphatic carboxylic acids is 1. The van der Waals surface area contributed by atoms with E-state index in [9.17, 15) is 14.7 Å². The van der Waals surface area contributed by atoms with Gasteiger partial charge in [-0.25, -0.2) is 4.79 Å². The highest BCUT2D eigenvalue weighted by atomic mass is 16.7. The van der Waals surface area contributed by atoms with Crippen molar-refractivity contribution in [2.75, 3.05) is 18.7 Å². The molecule has 21 heavy (non-hydrogen) atoms. The monoisotopic (exact) mass is 296 g/mol. The van der Waals surface area contributed by atoms with Crippen LogP contribution >= 0.6 is 0 Å². The number of carbonyl (C=O) groups excluding carboxylic acids is 1. The molecule has 8 nitrogen and oxygen atoms in total. The van der Waals surface area contributed by atoms with E-state index in [1.165, 1.54) is 6.92 Å². The SMILES string of the molecule is CC(O)(CNC(=O)Nc1ccc2c(c1)OCO2)CC(=O)O. The van der Waals surface area contributed by atoms with Gasteiger partial charge in [0.25, 0.3) is 0 Å². The Kier molecular flexibility index (Phi) is 4.18. The zero-order valence-corrected chi connectivity index (χ0v) is 11.4. The van der Waals surface area contributed by atoms with E-state index in [1.54, 1.807) is 18.2 Å². The molecule has 114 valence electrons. The molecule has 1 unspecified atom stereocenters. The van der Waals surface area contributed by atoms with E-state index in [0.717, 1.165) is 0 Å². The average Bonchev–Trinajstić information content (AvgIpc) is 2.82. The predicted octanol–water partition coefficient (Wildman–Crippen LogP) is 0.762. The molecule has 0 bridgehead atoms. The topological polar surface area (TPSA) is 117 Å². The number of hydrogen-bond acceptors (Lipinski definition) is 5. The molecule has 0 aromatic heterocycles. The van der Waals surface area contributed by atoms with Crippen LogP contribution in [-0.4, -0.2) is 41.2 Å². The van der Waals surface area contributed by atoms with Gasteiger partial charge in [-0.05, 0) is 19.1 Å². The molecule has 0 saturated heterocycles. The Labute approximate surface area is 120 Å². The normalized spacial score (nSPS) is 15.1. The highest BCUT2D eigenvalue weighted by Crippen LogP contribution is 2.34. The summed E-state index contributed by atoms with van der Waals surface area (Å²) in [6, 6.07) is 4.36. The van der Waals surface area contributed by atoms with Crippen LogP contribution in [0.5, 0.6) is 11.5 Å². The Hall–Kier alpha value is -2.48. The van der Waals surface area contributed by atoms with Crippen LogP contribution < -0.4 is 20.1 Å². The molecule has 0 radical (unpaired) electrons. The first-order chi connectivity index (χ1) is 9.85. The number of carboxylic acids is 1. The van der Waals surface area contributed by atoms with Crippen LogP contribution in [0.3, 0.4) is 0 Å². The zero-order valence-electron chi connectivity index (χ0n) is 11.4. The standard InChI is InChI=1S/C13H16N2O6/c1-13(19,5-11(16)17)6-14-12(18)15-8-2-3-9-10(4-8)21-7-20-9/h2-4,19H,5-7H2,1H3,(H,16,17)(H2,14,15,18). The van der Waals surface area contributed by atoms with Crippen molar-refractivity contribution < 1.29 is 29.3 Å². The maximum Gasteiger partial charge on any atom is 0.319 e. The first-order valence-electron chi connectivity index (χ1n) is 6.24. The molecule has 1 aromatic carbocycles. The number of ether oxygens (including phenoxy) is 2. The molecule has 0 fully saturated rings. The van der Waals surface area contributed by atoms with Gasteiger partial charge in [0.15, 0.2) is 11.5 Å². The van der Waals surface area contributed by atoms with Gasteiger partial charge in [-0.1, -0.05) is 0 Å². The van der Waals surface area contributed by atoms with Gasteiger partial charge in [-0.2, -0.15) is 0 Å². The van der Waals surface area contributed by atoms with E-state index in [0.29, 0.717) is 17.2 Å². The number of amides is 2. The van der Waals surface area contributed by atoms with Crippen molar-refractivity contribution in [3.05, 3.63) is 18.2 Å². The highest BCUT2D eigenvalue weighted by molar-refractivity contribution is 5.89. The van der Waals surface area contributed by atoms with Crippen LogP contribution in [0.2, 0.25) is 0 Å². The molecule has 1 atom stereocenters. The average molecular weight is 296 g/mol. The van der Waals surface area contributed by atoms with Gasteiger partial charge in [0.1, 0.15) is 0 Å².